The van der Waals surface area contributed by atoms with Gasteiger partial charge in [0.1, 0.15) is 0 Å². The summed E-state index contributed by atoms with van der Waals surface area (Å²) in [4.78, 5) is 7.15. The SMILES string of the molecule is c1ccc2sc(-c3c4ccccc4c(-c4cc5ccccc5s4)c4cnccc34)cc2c1. The molecule has 0 spiro atoms. The minimum Gasteiger partial charge on any atom is -0.264 e. The number of hydrogen-bond donors (Lipinski definition) is 0. The van der Waals surface area contributed by atoms with Gasteiger partial charge in [-0.2, -0.15) is 0 Å². The van der Waals surface area contributed by atoms with Crippen LogP contribution in [0.5, 0.6) is 0 Å². The Kier molecular flexibility index (Phi) is 3.95. The summed E-state index contributed by atoms with van der Waals surface area (Å²) in [7, 11) is 0. The smallest absolute Gasteiger partial charge is 0.0368 e. The molecule has 0 aliphatic carbocycles. The van der Waals surface area contributed by atoms with E-state index < -0.39 is 0 Å². The second kappa shape index (κ2) is 6.99. The molecule has 0 radical (unpaired) electrons. The molecular formula is C29H17NS2. The van der Waals surface area contributed by atoms with Gasteiger partial charge in [0.2, 0.25) is 0 Å². The van der Waals surface area contributed by atoms with Gasteiger partial charge in [0, 0.05) is 48.1 Å². The number of hydrogen-bond acceptors (Lipinski definition) is 3. The molecule has 7 rings (SSSR count). The summed E-state index contributed by atoms with van der Waals surface area (Å²) >= 11 is 3.73. The summed E-state index contributed by atoms with van der Waals surface area (Å²) in [6.45, 7) is 0. The molecular weight excluding hydrogens is 426 g/mol. The van der Waals surface area contributed by atoms with E-state index in [4.69, 9.17) is 0 Å². The van der Waals surface area contributed by atoms with Gasteiger partial charge in [-0.15, -0.1) is 22.7 Å². The lowest BCUT2D eigenvalue weighted by Gasteiger charge is -2.15. The third-order valence-corrected chi connectivity index (χ3v) is 8.44. The first kappa shape index (κ1) is 18.1. The van der Waals surface area contributed by atoms with Crippen molar-refractivity contribution >= 4 is 64.4 Å². The lowest BCUT2D eigenvalue weighted by atomic mass is 9.91. The molecule has 0 fully saturated rings. The largest absolute Gasteiger partial charge is 0.264 e. The molecule has 0 N–H and O–H groups in total. The Bertz CT molecular complexity index is 1530. The van der Waals surface area contributed by atoms with E-state index in [1.807, 2.05) is 35.1 Å². The minimum absolute atomic E-state index is 1.21. The van der Waals surface area contributed by atoms with Crippen molar-refractivity contribution in [2.45, 2.75) is 0 Å². The summed E-state index contributed by atoms with van der Waals surface area (Å²) in [5.74, 6) is 0. The van der Waals surface area contributed by atoms with Crippen molar-refractivity contribution < 1.29 is 0 Å². The zero-order valence-electron chi connectivity index (χ0n) is 17.1. The number of nitrogens with zero attached hydrogens (tertiary/aromatic N) is 1. The van der Waals surface area contributed by atoms with Gasteiger partial charge in [-0.3, -0.25) is 4.98 Å². The first-order valence-corrected chi connectivity index (χ1v) is 12.3. The summed E-state index contributed by atoms with van der Waals surface area (Å²) in [6.07, 6.45) is 3.96. The number of thiophene rings is 2. The van der Waals surface area contributed by atoms with Crippen molar-refractivity contribution in [1.29, 1.82) is 0 Å². The lowest BCUT2D eigenvalue weighted by molar-refractivity contribution is 1.37. The fourth-order valence-electron chi connectivity index (χ4n) is 4.76. The second-order valence-corrected chi connectivity index (χ2v) is 10.2. The van der Waals surface area contributed by atoms with Crippen LogP contribution in [-0.4, -0.2) is 4.98 Å². The summed E-state index contributed by atoms with van der Waals surface area (Å²) in [5.41, 5.74) is 2.60. The maximum absolute atomic E-state index is 4.55. The fraction of sp³-hybridized carbons (Fsp3) is 0. The molecule has 7 aromatic rings. The van der Waals surface area contributed by atoms with Crippen molar-refractivity contribution in [3.05, 3.63) is 103 Å². The minimum atomic E-state index is 1.21. The Hall–Kier alpha value is -3.53. The fourth-order valence-corrected chi connectivity index (χ4v) is 7.03. The summed E-state index contributed by atoms with van der Waals surface area (Å²) in [5, 5.41) is 7.65. The van der Waals surface area contributed by atoms with Gasteiger partial charge in [0.15, 0.2) is 0 Å². The number of aromatic nitrogens is 1. The van der Waals surface area contributed by atoms with E-state index in [0.717, 1.165) is 0 Å². The molecule has 32 heavy (non-hydrogen) atoms. The highest BCUT2D eigenvalue weighted by Gasteiger charge is 2.19. The predicted molar refractivity (Wildman–Crippen MR) is 141 cm³/mol. The van der Waals surface area contributed by atoms with Crippen LogP contribution in [0, 0.1) is 0 Å². The summed E-state index contributed by atoms with van der Waals surface area (Å²) in [6, 6.07) is 32.9. The van der Waals surface area contributed by atoms with Gasteiger partial charge in [-0.1, -0.05) is 60.7 Å². The zero-order chi connectivity index (χ0) is 21.1. The van der Waals surface area contributed by atoms with E-state index >= 15 is 0 Å². The molecule has 0 bridgehead atoms. The predicted octanol–water partition coefficient (Wildman–Crippen LogP) is 9.15. The zero-order valence-corrected chi connectivity index (χ0v) is 18.7. The number of fused-ring (bicyclic) bond motifs is 4. The summed E-state index contributed by atoms with van der Waals surface area (Å²) < 4.78 is 2.64. The highest BCUT2D eigenvalue weighted by Crippen LogP contribution is 2.47. The second-order valence-electron chi connectivity index (χ2n) is 8.01. The van der Waals surface area contributed by atoms with Crippen molar-refractivity contribution in [3.8, 4) is 20.9 Å². The Morgan fingerprint density at radius 1 is 0.500 bits per heavy atom. The van der Waals surface area contributed by atoms with Gasteiger partial charge in [-0.05, 0) is 57.3 Å². The van der Waals surface area contributed by atoms with Gasteiger partial charge < -0.3 is 0 Å². The molecule has 0 saturated carbocycles. The standard InChI is InChI=1S/C29H17NS2/c1-5-11-24-18(7-1)15-26(31-24)28-20-9-3-4-10-21(20)29(23-17-30-14-13-22(23)28)27-16-19-8-2-6-12-25(19)32-27/h1-17H. The topological polar surface area (TPSA) is 12.9 Å². The molecule has 3 heterocycles. The maximum atomic E-state index is 4.55. The molecule has 0 saturated heterocycles. The normalized spacial score (nSPS) is 11.8. The molecule has 3 heteroatoms. The van der Waals surface area contributed by atoms with Crippen LogP contribution in [0.1, 0.15) is 0 Å². The Morgan fingerprint density at radius 2 is 1.00 bits per heavy atom. The molecule has 0 aliphatic rings. The number of benzene rings is 4. The van der Waals surface area contributed by atoms with E-state index in [-0.39, 0.29) is 0 Å². The van der Waals surface area contributed by atoms with E-state index in [1.54, 1.807) is 0 Å². The average Bonchev–Trinajstić information content (AvgIpc) is 3.46. The van der Waals surface area contributed by atoms with Gasteiger partial charge in [0.25, 0.3) is 0 Å². The van der Waals surface area contributed by atoms with Crippen LogP contribution in [-0.2, 0) is 0 Å². The first-order valence-electron chi connectivity index (χ1n) is 10.6. The molecule has 3 aromatic heterocycles. The van der Waals surface area contributed by atoms with Crippen LogP contribution >= 0.6 is 22.7 Å². The third kappa shape index (κ3) is 2.65. The Morgan fingerprint density at radius 3 is 1.59 bits per heavy atom. The molecule has 0 aliphatic heterocycles. The van der Waals surface area contributed by atoms with Crippen LogP contribution in [0.3, 0.4) is 0 Å². The van der Waals surface area contributed by atoms with Gasteiger partial charge >= 0.3 is 0 Å². The molecule has 4 aromatic carbocycles. The van der Waals surface area contributed by atoms with Gasteiger partial charge in [-0.25, -0.2) is 0 Å². The van der Waals surface area contributed by atoms with Crippen molar-refractivity contribution in [1.82, 2.24) is 4.98 Å². The van der Waals surface area contributed by atoms with Crippen LogP contribution in [0.25, 0.3) is 62.6 Å². The van der Waals surface area contributed by atoms with Gasteiger partial charge in [0.05, 0.1) is 0 Å². The van der Waals surface area contributed by atoms with E-state index in [1.165, 1.54) is 62.6 Å². The lowest BCUT2D eigenvalue weighted by Crippen LogP contribution is -1.89. The Balaban J connectivity index is 1.64. The van der Waals surface area contributed by atoms with E-state index in [2.05, 4.69) is 96.0 Å². The van der Waals surface area contributed by atoms with Crippen LogP contribution < -0.4 is 0 Å². The average molecular weight is 444 g/mol. The third-order valence-electron chi connectivity index (χ3n) is 6.17. The van der Waals surface area contributed by atoms with Crippen LogP contribution in [0.4, 0.5) is 0 Å². The van der Waals surface area contributed by atoms with E-state index in [9.17, 15) is 0 Å². The molecule has 150 valence electrons. The highest BCUT2D eigenvalue weighted by atomic mass is 32.1. The van der Waals surface area contributed by atoms with Crippen molar-refractivity contribution in [2.75, 3.05) is 0 Å². The molecule has 0 unspecified atom stereocenters. The maximum Gasteiger partial charge on any atom is 0.0368 e. The first-order chi connectivity index (χ1) is 15.9. The van der Waals surface area contributed by atoms with Crippen LogP contribution in [0.2, 0.25) is 0 Å². The highest BCUT2D eigenvalue weighted by molar-refractivity contribution is 7.23. The molecule has 1 nitrogen and oxygen atoms in total. The van der Waals surface area contributed by atoms with Crippen LogP contribution in [0.15, 0.2) is 103 Å². The number of pyridine rings is 1. The molecule has 0 amide bonds. The molecule has 0 atom stereocenters. The quantitative estimate of drug-likeness (QED) is 0.243. The van der Waals surface area contributed by atoms with Crippen molar-refractivity contribution in [3.63, 3.8) is 0 Å². The van der Waals surface area contributed by atoms with E-state index in [0.29, 0.717) is 0 Å². The van der Waals surface area contributed by atoms with Crippen molar-refractivity contribution in [2.24, 2.45) is 0 Å². The Labute approximate surface area is 193 Å². The monoisotopic (exact) mass is 443 g/mol. The number of rotatable bonds is 2.